The van der Waals surface area contributed by atoms with Crippen LogP contribution in [-0.2, 0) is 0 Å². The Bertz CT molecular complexity index is 378. The van der Waals surface area contributed by atoms with Gasteiger partial charge in [-0.1, -0.05) is 0 Å². The maximum atomic E-state index is 11.4. The van der Waals surface area contributed by atoms with Gasteiger partial charge >= 0.3 is 6.03 Å². The van der Waals surface area contributed by atoms with E-state index in [2.05, 4.69) is 5.32 Å². The van der Waals surface area contributed by atoms with E-state index in [1.54, 1.807) is 31.3 Å². The minimum absolute atomic E-state index is 0.151. The number of nitrogens with zero attached hydrogens (tertiary/aromatic N) is 2. The molecule has 0 aliphatic carbocycles. The molecule has 78 valence electrons. The standard InChI is InChI=1S/C11H13N3O/c1-3-13-11(15)14(2)10-6-4-9(8-12)5-7-10/h4-7H,3H2,1-2H3,(H,13,15). The molecule has 0 aliphatic rings. The average molecular weight is 203 g/mol. The molecule has 0 atom stereocenters. The summed E-state index contributed by atoms with van der Waals surface area (Å²) in [5.74, 6) is 0. The molecule has 0 unspecified atom stereocenters. The molecular formula is C11H13N3O. The van der Waals surface area contributed by atoms with Crippen LogP contribution in [0.1, 0.15) is 12.5 Å². The molecule has 0 aromatic heterocycles. The zero-order chi connectivity index (χ0) is 11.3. The maximum Gasteiger partial charge on any atom is 0.321 e. The zero-order valence-electron chi connectivity index (χ0n) is 8.82. The molecule has 4 nitrogen and oxygen atoms in total. The Hall–Kier alpha value is -2.02. The molecule has 0 aliphatic heterocycles. The van der Waals surface area contributed by atoms with Crippen molar-refractivity contribution in [3.8, 4) is 6.07 Å². The molecule has 0 radical (unpaired) electrons. The largest absolute Gasteiger partial charge is 0.338 e. The van der Waals surface area contributed by atoms with E-state index in [1.165, 1.54) is 4.90 Å². The molecule has 2 amide bonds. The van der Waals surface area contributed by atoms with Gasteiger partial charge in [-0.15, -0.1) is 0 Å². The van der Waals surface area contributed by atoms with Gasteiger partial charge in [-0.3, -0.25) is 4.90 Å². The van der Waals surface area contributed by atoms with E-state index in [-0.39, 0.29) is 6.03 Å². The summed E-state index contributed by atoms with van der Waals surface area (Å²) in [6.07, 6.45) is 0. The average Bonchev–Trinajstić information content (AvgIpc) is 2.28. The smallest absolute Gasteiger partial charge is 0.321 e. The van der Waals surface area contributed by atoms with Gasteiger partial charge < -0.3 is 5.32 Å². The highest BCUT2D eigenvalue weighted by atomic mass is 16.2. The van der Waals surface area contributed by atoms with Crippen LogP contribution in [0.15, 0.2) is 24.3 Å². The van der Waals surface area contributed by atoms with Gasteiger partial charge in [-0.2, -0.15) is 5.26 Å². The van der Waals surface area contributed by atoms with Crippen molar-refractivity contribution in [2.45, 2.75) is 6.92 Å². The quantitative estimate of drug-likeness (QED) is 0.795. The van der Waals surface area contributed by atoms with Crippen LogP contribution in [0.25, 0.3) is 0 Å². The molecule has 0 heterocycles. The Morgan fingerprint density at radius 3 is 2.53 bits per heavy atom. The summed E-state index contributed by atoms with van der Waals surface area (Å²) in [7, 11) is 1.69. The van der Waals surface area contributed by atoms with Crippen molar-refractivity contribution in [1.29, 1.82) is 5.26 Å². The highest BCUT2D eigenvalue weighted by Gasteiger charge is 2.08. The molecule has 1 rings (SSSR count). The van der Waals surface area contributed by atoms with Gasteiger partial charge in [-0.25, -0.2) is 4.79 Å². The first-order valence-electron chi connectivity index (χ1n) is 4.70. The lowest BCUT2D eigenvalue weighted by molar-refractivity contribution is 0.248. The molecule has 1 N–H and O–H groups in total. The normalized spacial score (nSPS) is 9.13. The first-order chi connectivity index (χ1) is 7.19. The lowest BCUT2D eigenvalue weighted by atomic mass is 10.2. The lowest BCUT2D eigenvalue weighted by Crippen LogP contribution is -2.36. The third kappa shape index (κ3) is 2.71. The number of carbonyl (C=O) groups is 1. The summed E-state index contributed by atoms with van der Waals surface area (Å²) < 4.78 is 0. The maximum absolute atomic E-state index is 11.4. The number of urea groups is 1. The van der Waals surface area contributed by atoms with E-state index >= 15 is 0 Å². The summed E-state index contributed by atoms with van der Waals surface area (Å²) >= 11 is 0. The van der Waals surface area contributed by atoms with Crippen molar-refractivity contribution in [1.82, 2.24) is 5.32 Å². The minimum atomic E-state index is -0.151. The van der Waals surface area contributed by atoms with Gasteiger partial charge in [0.1, 0.15) is 0 Å². The van der Waals surface area contributed by atoms with Crippen molar-refractivity contribution < 1.29 is 4.79 Å². The van der Waals surface area contributed by atoms with Crippen molar-refractivity contribution in [2.24, 2.45) is 0 Å². The summed E-state index contributed by atoms with van der Waals surface area (Å²) in [5, 5.41) is 11.3. The van der Waals surface area contributed by atoms with Gasteiger partial charge in [0.2, 0.25) is 0 Å². The van der Waals surface area contributed by atoms with Crippen molar-refractivity contribution in [3.63, 3.8) is 0 Å². The number of rotatable bonds is 2. The molecule has 1 aromatic carbocycles. The van der Waals surface area contributed by atoms with Crippen LogP contribution >= 0.6 is 0 Å². The zero-order valence-corrected chi connectivity index (χ0v) is 8.82. The molecule has 0 fully saturated rings. The van der Waals surface area contributed by atoms with E-state index < -0.39 is 0 Å². The van der Waals surface area contributed by atoms with Crippen LogP contribution < -0.4 is 10.2 Å². The SMILES string of the molecule is CCNC(=O)N(C)c1ccc(C#N)cc1. The van der Waals surface area contributed by atoms with Crippen LogP contribution in [0.5, 0.6) is 0 Å². The highest BCUT2D eigenvalue weighted by Crippen LogP contribution is 2.13. The second-order valence-corrected chi connectivity index (χ2v) is 3.05. The van der Waals surface area contributed by atoms with Crippen LogP contribution in [0, 0.1) is 11.3 Å². The Morgan fingerprint density at radius 2 is 2.07 bits per heavy atom. The van der Waals surface area contributed by atoms with Gasteiger partial charge in [0.05, 0.1) is 11.6 Å². The van der Waals surface area contributed by atoms with Crippen LogP contribution in [0.4, 0.5) is 10.5 Å². The molecule has 4 heteroatoms. The van der Waals surface area contributed by atoms with Crippen LogP contribution in [0.3, 0.4) is 0 Å². The topological polar surface area (TPSA) is 56.1 Å². The number of hydrogen-bond acceptors (Lipinski definition) is 2. The second kappa shape index (κ2) is 5.01. The third-order valence-electron chi connectivity index (χ3n) is 2.02. The Morgan fingerprint density at radius 1 is 1.47 bits per heavy atom. The molecule has 1 aromatic rings. The summed E-state index contributed by atoms with van der Waals surface area (Å²) in [6, 6.07) is 8.74. The van der Waals surface area contributed by atoms with E-state index in [4.69, 9.17) is 5.26 Å². The lowest BCUT2D eigenvalue weighted by Gasteiger charge is -2.17. The Labute approximate surface area is 89.1 Å². The summed E-state index contributed by atoms with van der Waals surface area (Å²) in [6.45, 7) is 2.46. The van der Waals surface area contributed by atoms with E-state index in [0.717, 1.165) is 5.69 Å². The van der Waals surface area contributed by atoms with Crippen LogP contribution in [0.2, 0.25) is 0 Å². The predicted molar refractivity (Wildman–Crippen MR) is 58.6 cm³/mol. The highest BCUT2D eigenvalue weighted by molar-refractivity contribution is 5.91. The van der Waals surface area contributed by atoms with Gasteiger partial charge in [0.25, 0.3) is 0 Å². The van der Waals surface area contributed by atoms with Crippen molar-refractivity contribution >= 4 is 11.7 Å². The Kier molecular flexibility index (Phi) is 3.69. The van der Waals surface area contributed by atoms with Crippen molar-refractivity contribution in [2.75, 3.05) is 18.5 Å². The third-order valence-corrected chi connectivity index (χ3v) is 2.02. The molecule has 0 bridgehead atoms. The van der Waals surface area contributed by atoms with Crippen LogP contribution in [-0.4, -0.2) is 19.6 Å². The number of nitriles is 1. The number of anilines is 1. The molecule has 0 saturated carbocycles. The predicted octanol–water partition coefficient (Wildman–Crippen LogP) is 1.72. The number of nitrogens with one attached hydrogen (secondary N) is 1. The first kappa shape index (κ1) is 11.1. The monoisotopic (exact) mass is 203 g/mol. The summed E-state index contributed by atoms with van der Waals surface area (Å²) in [5.41, 5.74) is 1.35. The Balaban J connectivity index is 2.79. The molecule has 15 heavy (non-hydrogen) atoms. The molecular weight excluding hydrogens is 190 g/mol. The second-order valence-electron chi connectivity index (χ2n) is 3.05. The van der Waals surface area contributed by atoms with E-state index in [9.17, 15) is 4.79 Å². The fraction of sp³-hybridized carbons (Fsp3) is 0.273. The first-order valence-corrected chi connectivity index (χ1v) is 4.70. The van der Waals surface area contributed by atoms with Crippen molar-refractivity contribution in [3.05, 3.63) is 29.8 Å². The van der Waals surface area contributed by atoms with Gasteiger partial charge in [-0.05, 0) is 31.2 Å². The minimum Gasteiger partial charge on any atom is -0.338 e. The fourth-order valence-electron chi connectivity index (χ4n) is 1.15. The fourth-order valence-corrected chi connectivity index (χ4v) is 1.15. The number of carbonyl (C=O) groups excluding carboxylic acids is 1. The number of hydrogen-bond donors (Lipinski definition) is 1. The van der Waals surface area contributed by atoms with Gasteiger partial charge in [0, 0.05) is 19.3 Å². The van der Waals surface area contributed by atoms with Gasteiger partial charge in [0.15, 0.2) is 0 Å². The summed E-state index contributed by atoms with van der Waals surface area (Å²) in [4.78, 5) is 13.0. The van der Waals surface area contributed by atoms with E-state index in [0.29, 0.717) is 12.1 Å². The number of benzene rings is 1. The molecule has 0 saturated heterocycles. The molecule has 0 spiro atoms. The number of amides is 2. The van der Waals surface area contributed by atoms with E-state index in [1.807, 2.05) is 13.0 Å².